The number of likely N-dealkylation sites (N-methyl/N-ethyl adjacent to an activating group) is 1. The average molecular weight is 353 g/mol. The molecule has 0 saturated heterocycles. The standard InChI is InChI=1S/C11H16N4O5S.ClH/c1-12-8-11(16)13-5-6-14-21(19,20)10-4-2-3-9(7-10)15(17)18;/h2-4,7,12,14H,5-6,8H2,1H3,(H,13,16);1H. The van der Waals surface area contributed by atoms with Crippen LogP contribution in [0.5, 0.6) is 0 Å². The Morgan fingerprint density at radius 3 is 2.59 bits per heavy atom. The molecule has 1 rings (SSSR count). The zero-order chi connectivity index (χ0) is 15.9. The molecule has 1 aromatic carbocycles. The van der Waals surface area contributed by atoms with Gasteiger partial charge in [0.05, 0.1) is 16.4 Å². The van der Waals surface area contributed by atoms with Crippen molar-refractivity contribution >= 4 is 34.0 Å². The number of rotatable bonds is 8. The minimum absolute atomic E-state index is 0. The molecule has 1 aromatic rings. The first-order valence-corrected chi connectivity index (χ1v) is 7.50. The zero-order valence-electron chi connectivity index (χ0n) is 11.7. The van der Waals surface area contributed by atoms with Crippen LogP contribution in [0.2, 0.25) is 0 Å². The number of halogens is 1. The molecule has 0 saturated carbocycles. The van der Waals surface area contributed by atoms with Crippen LogP contribution in [0.1, 0.15) is 0 Å². The van der Waals surface area contributed by atoms with E-state index in [0.29, 0.717) is 0 Å². The number of hydrogen-bond acceptors (Lipinski definition) is 6. The first kappa shape index (κ1) is 20.2. The summed E-state index contributed by atoms with van der Waals surface area (Å²) in [6.45, 7) is 0.243. The Morgan fingerprint density at radius 1 is 1.32 bits per heavy atom. The van der Waals surface area contributed by atoms with Gasteiger partial charge in [-0.25, -0.2) is 13.1 Å². The van der Waals surface area contributed by atoms with Crippen LogP contribution in [0.15, 0.2) is 29.2 Å². The molecule has 124 valence electrons. The number of nitrogens with one attached hydrogen (secondary N) is 3. The second kappa shape index (κ2) is 9.30. The Labute approximate surface area is 134 Å². The monoisotopic (exact) mass is 352 g/mol. The summed E-state index contributed by atoms with van der Waals surface area (Å²) >= 11 is 0. The highest BCUT2D eigenvalue weighted by molar-refractivity contribution is 7.89. The van der Waals surface area contributed by atoms with Gasteiger partial charge in [0.2, 0.25) is 15.9 Å². The van der Waals surface area contributed by atoms with E-state index < -0.39 is 14.9 Å². The third kappa shape index (κ3) is 6.35. The number of sulfonamides is 1. The van der Waals surface area contributed by atoms with Crippen molar-refractivity contribution in [2.24, 2.45) is 0 Å². The van der Waals surface area contributed by atoms with Crippen molar-refractivity contribution in [3.8, 4) is 0 Å². The fourth-order valence-electron chi connectivity index (χ4n) is 1.46. The SMILES string of the molecule is CNCC(=O)NCCNS(=O)(=O)c1cccc([N+](=O)[O-])c1.Cl. The van der Waals surface area contributed by atoms with E-state index in [1.165, 1.54) is 18.2 Å². The van der Waals surface area contributed by atoms with Crippen LogP contribution >= 0.6 is 12.4 Å². The summed E-state index contributed by atoms with van der Waals surface area (Å²) < 4.78 is 26.1. The van der Waals surface area contributed by atoms with Crippen molar-refractivity contribution in [1.29, 1.82) is 0 Å². The van der Waals surface area contributed by atoms with Gasteiger partial charge in [0.15, 0.2) is 0 Å². The first-order valence-electron chi connectivity index (χ1n) is 6.02. The quantitative estimate of drug-likeness (QED) is 0.332. The van der Waals surface area contributed by atoms with Crippen molar-refractivity contribution in [3.05, 3.63) is 34.4 Å². The number of hydrogen-bond donors (Lipinski definition) is 3. The predicted molar refractivity (Wildman–Crippen MR) is 82.5 cm³/mol. The van der Waals surface area contributed by atoms with Crippen molar-refractivity contribution in [3.63, 3.8) is 0 Å². The maximum absolute atomic E-state index is 11.9. The third-order valence-corrected chi connectivity index (χ3v) is 3.87. The topological polar surface area (TPSA) is 130 Å². The molecule has 22 heavy (non-hydrogen) atoms. The zero-order valence-corrected chi connectivity index (χ0v) is 13.4. The van der Waals surface area contributed by atoms with Gasteiger partial charge in [-0.2, -0.15) is 0 Å². The van der Waals surface area contributed by atoms with E-state index in [1.807, 2.05) is 0 Å². The summed E-state index contributed by atoms with van der Waals surface area (Å²) in [7, 11) is -2.23. The molecule has 0 unspecified atom stereocenters. The van der Waals surface area contributed by atoms with Crippen LogP contribution in [0.4, 0.5) is 5.69 Å². The number of benzene rings is 1. The molecule has 0 bridgehead atoms. The normalized spacial score (nSPS) is 10.6. The molecular formula is C11H17ClN4O5S. The third-order valence-electron chi connectivity index (χ3n) is 2.42. The second-order valence-corrected chi connectivity index (χ2v) is 5.80. The summed E-state index contributed by atoms with van der Waals surface area (Å²) in [6, 6.07) is 4.73. The minimum atomic E-state index is -3.85. The fourth-order valence-corrected chi connectivity index (χ4v) is 2.53. The summed E-state index contributed by atoms with van der Waals surface area (Å²) in [5, 5.41) is 15.8. The van der Waals surface area contributed by atoms with Crippen LogP contribution in [-0.2, 0) is 14.8 Å². The van der Waals surface area contributed by atoms with Crippen molar-refractivity contribution in [2.45, 2.75) is 4.90 Å². The van der Waals surface area contributed by atoms with Gasteiger partial charge in [-0.3, -0.25) is 14.9 Å². The largest absolute Gasteiger partial charge is 0.354 e. The summed E-state index contributed by atoms with van der Waals surface area (Å²) in [6.07, 6.45) is 0. The molecule has 0 radical (unpaired) electrons. The molecule has 0 aliphatic heterocycles. The van der Waals surface area contributed by atoms with E-state index in [9.17, 15) is 23.3 Å². The van der Waals surface area contributed by atoms with Gasteiger partial charge in [-0.05, 0) is 13.1 Å². The molecule has 0 aliphatic rings. The van der Waals surface area contributed by atoms with E-state index in [-0.39, 0.29) is 48.5 Å². The Bertz CT molecular complexity index is 623. The van der Waals surface area contributed by atoms with E-state index in [0.717, 1.165) is 6.07 Å². The lowest BCUT2D eigenvalue weighted by Crippen LogP contribution is -2.38. The number of amides is 1. The van der Waals surface area contributed by atoms with E-state index in [2.05, 4.69) is 15.4 Å². The lowest BCUT2D eigenvalue weighted by molar-refractivity contribution is -0.385. The molecular weight excluding hydrogens is 336 g/mol. The van der Waals surface area contributed by atoms with Gasteiger partial charge >= 0.3 is 0 Å². The highest BCUT2D eigenvalue weighted by atomic mass is 35.5. The Balaban J connectivity index is 0.00000441. The lowest BCUT2D eigenvalue weighted by Gasteiger charge is -2.08. The molecule has 11 heteroatoms. The van der Waals surface area contributed by atoms with Crippen LogP contribution in [0.3, 0.4) is 0 Å². The summed E-state index contributed by atoms with van der Waals surface area (Å²) in [4.78, 5) is 20.9. The molecule has 9 nitrogen and oxygen atoms in total. The number of nitro benzene ring substituents is 1. The smallest absolute Gasteiger partial charge is 0.270 e. The summed E-state index contributed by atoms with van der Waals surface area (Å²) in [5.41, 5.74) is -0.305. The molecule has 0 aliphatic carbocycles. The molecule has 3 N–H and O–H groups in total. The van der Waals surface area contributed by atoms with Crippen molar-refractivity contribution in [1.82, 2.24) is 15.4 Å². The van der Waals surface area contributed by atoms with Crippen molar-refractivity contribution < 1.29 is 18.1 Å². The summed E-state index contributed by atoms with van der Waals surface area (Å²) in [5.74, 6) is -0.257. The molecule has 0 spiro atoms. The molecule has 0 fully saturated rings. The van der Waals surface area contributed by atoms with Gasteiger partial charge in [-0.15, -0.1) is 12.4 Å². The maximum Gasteiger partial charge on any atom is 0.270 e. The van der Waals surface area contributed by atoms with Gasteiger partial charge in [0.25, 0.3) is 5.69 Å². The Kier molecular flexibility index (Phi) is 8.56. The van der Waals surface area contributed by atoms with Crippen LogP contribution < -0.4 is 15.4 Å². The highest BCUT2D eigenvalue weighted by Gasteiger charge is 2.16. The number of non-ortho nitro benzene ring substituents is 1. The van der Waals surface area contributed by atoms with Crippen LogP contribution in [0, 0.1) is 10.1 Å². The average Bonchev–Trinajstić information content (AvgIpc) is 2.44. The molecule has 0 atom stereocenters. The highest BCUT2D eigenvalue weighted by Crippen LogP contribution is 2.16. The molecule has 0 heterocycles. The fraction of sp³-hybridized carbons (Fsp3) is 0.364. The predicted octanol–water partition coefficient (Wildman–Crippen LogP) is -0.369. The van der Waals surface area contributed by atoms with Crippen molar-refractivity contribution in [2.75, 3.05) is 26.7 Å². The van der Waals surface area contributed by atoms with Gasteiger partial charge in [0, 0.05) is 25.2 Å². The molecule has 0 aromatic heterocycles. The van der Waals surface area contributed by atoms with E-state index in [4.69, 9.17) is 0 Å². The van der Waals surface area contributed by atoms with Gasteiger partial charge < -0.3 is 10.6 Å². The van der Waals surface area contributed by atoms with E-state index in [1.54, 1.807) is 7.05 Å². The minimum Gasteiger partial charge on any atom is -0.354 e. The Hall–Kier alpha value is -1.75. The Morgan fingerprint density at radius 2 is 2.00 bits per heavy atom. The van der Waals surface area contributed by atoms with Crippen LogP contribution in [-0.4, -0.2) is 45.9 Å². The van der Waals surface area contributed by atoms with Gasteiger partial charge in [-0.1, -0.05) is 6.07 Å². The maximum atomic E-state index is 11.9. The number of nitro groups is 1. The molecule has 1 amide bonds. The second-order valence-electron chi connectivity index (χ2n) is 4.03. The number of carbonyl (C=O) groups excluding carboxylic acids is 1. The number of carbonyl (C=O) groups is 1. The first-order chi connectivity index (χ1) is 9.86. The van der Waals surface area contributed by atoms with Crippen LogP contribution in [0.25, 0.3) is 0 Å². The van der Waals surface area contributed by atoms with E-state index >= 15 is 0 Å². The number of nitrogens with zero attached hydrogens (tertiary/aromatic N) is 1. The van der Waals surface area contributed by atoms with Gasteiger partial charge in [0.1, 0.15) is 0 Å². The lowest BCUT2D eigenvalue weighted by atomic mass is 10.3.